The van der Waals surface area contributed by atoms with Crippen LogP contribution >= 0.6 is 0 Å². The number of hydrogen-bond acceptors (Lipinski definition) is 3. The summed E-state index contributed by atoms with van der Waals surface area (Å²) in [6.07, 6.45) is 3.41. The Morgan fingerprint density at radius 2 is 2.47 bits per heavy atom. The molecule has 1 fully saturated rings. The minimum Gasteiger partial charge on any atom is -0.388 e. The summed E-state index contributed by atoms with van der Waals surface area (Å²) >= 11 is 0. The zero-order valence-electron chi connectivity index (χ0n) is 9.31. The molecule has 1 aromatic rings. The van der Waals surface area contributed by atoms with E-state index in [0.29, 0.717) is 6.61 Å². The highest BCUT2D eigenvalue weighted by atomic mass is 16.5. The number of aryl methyl sites for hydroxylation is 1. The molecule has 2 heterocycles. The molecule has 0 bridgehead atoms. The van der Waals surface area contributed by atoms with Crippen molar-refractivity contribution in [3.63, 3.8) is 0 Å². The summed E-state index contributed by atoms with van der Waals surface area (Å²) in [4.78, 5) is 0. The first-order chi connectivity index (χ1) is 7.20. The van der Waals surface area contributed by atoms with E-state index in [1.807, 2.05) is 14.0 Å². The van der Waals surface area contributed by atoms with Crippen LogP contribution in [0.3, 0.4) is 0 Å². The standard InChI is InChI=1S/C11H18N2O2/c1-8-10(6-12-13(8)2)11(14)9-4-3-5-15-7-9/h6,9,11,14H,3-5,7H2,1-2H3. The third-order valence-electron chi connectivity index (χ3n) is 3.23. The molecule has 4 nitrogen and oxygen atoms in total. The predicted octanol–water partition coefficient (Wildman–Crippen LogP) is 1.19. The Kier molecular flexibility index (Phi) is 3.07. The minimum absolute atomic E-state index is 0.224. The summed E-state index contributed by atoms with van der Waals surface area (Å²) in [5.74, 6) is 0.224. The van der Waals surface area contributed by atoms with Crippen molar-refractivity contribution in [2.75, 3.05) is 13.2 Å². The zero-order chi connectivity index (χ0) is 10.8. The first kappa shape index (κ1) is 10.6. The van der Waals surface area contributed by atoms with Gasteiger partial charge in [0.05, 0.1) is 18.9 Å². The van der Waals surface area contributed by atoms with Gasteiger partial charge in [0.15, 0.2) is 0 Å². The first-order valence-electron chi connectivity index (χ1n) is 5.44. The molecular formula is C11H18N2O2. The molecule has 1 saturated heterocycles. The van der Waals surface area contributed by atoms with Gasteiger partial charge < -0.3 is 9.84 Å². The summed E-state index contributed by atoms with van der Waals surface area (Å²) in [5.41, 5.74) is 1.97. The average molecular weight is 210 g/mol. The lowest BCUT2D eigenvalue weighted by molar-refractivity contribution is -0.0102. The van der Waals surface area contributed by atoms with Crippen LogP contribution in [0.5, 0.6) is 0 Å². The molecular weight excluding hydrogens is 192 g/mol. The van der Waals surface area contributed by atoms with Crippen LogP contribution in [-0.4, -0.2) is 28.1 Å². The SMILES string of the molecule is Cc1c(C(O)C2CCCOC2)cnn1C. The smallest absolute Gasteiger partial charge is 0.0873 e. The van der Waals surface area contributed by atoms with Crippen molar-refractivity contribution in [2.45, 2.75) is 25.9 Å². The van der Waals surface area contributed by atoms with Crippen LogP contribution in [-0.2, 0) is 11.8 Å². The number of aliphatic hydroxyl groups is 1. The van der Waals surface area contributed by atoms with E-state index < -0.39 is 6.10 Å². The normalized spacial score (nSPS) is 24.1. The van der Waals surface area contributed by atoms with Gasteiger partial charge in [0.1, 0.15) is 0 Å². The summed E-state index contributed by atoms with van der Waals surface area (Å²) in [5, 5.41) is 14.4. The van der Waals surface area contributed by atoms with Gasteiger partial charge in [0.25, 0.3) is 0 Å². The van der Waals surface area contributed by atoms with E-state index in [4.69, 9.17) is 4.74 Å². The van der Waals surface area contributed by atoms with Gasteiger partial charge in [-0.05, 0) is 19.8 Å². The maximum absolute atomic E-state index is 10.2. The lowest BCUT2D eigenvalue weighted by Crippen LogP contribution is -2.23. The Morgan fingerprint density at radius 3 is 3.00 bits per heavy atom. The van der Waals surface area contributed by atoms with Gasteiger partial charge in [-0.1, -0.05) is 0 Å². The van der Waals surface area contributed by atoms with Crippen LogP contribution in [0, 0.1) is 12.8 Å². The zero-order valence-corrected chi connectivity index (χ0v) is 9.31. The molecule has 0 aromatic carbocycles. The van der Waals surface area contributed by atoms with Gasteiger partial charge in [-0.2, -0.15) is 5.10 Å². The highest BCUT2D eigenvalue weighted by Crippen LogP contribution is 2.29. The number of aliphatic hydroxyl groups excluding tert-OH is 1. The Morgan fingerprint density at radius 1 is 1.67 bits per heavy atom. The molecule has 4 heteroatoms. The fourth-order valence-electron chi connectivity index (χ4n) is 2.07. The van der Waals surface area contributed by atoms with Crippen molar-refractivity contribution >= 4 is 0 Å². The molecule has 2 rings (SSSR count). The molecule has 2 atom stereocenters. The topological polar surface area (TPSA) is 47.3 Å². The highest BCUT2D eigenvalue weighted by molar-refractivity contribution is 5.19. The van der Waals surface area contributed by atoms with E-state index >= 15 is 0 Å². The molecule has 1 N–H and O–H groups in total. The molecule has 2 unspecified atom stereocenters. The van der Waals surface area contributed by atoms with Crippen molar-refractivity contribution in [3.8, 4) is 0 Å². The minimum atomic E-state index is -0.431. The van der Waals surface area contributed by atoms with Crippen molar-refractivity contribution in [3.05, 3.63) is 17.5 Å². The second-order valence-corrected chi connectivity index (χ2v) is 4.23. The second-order valence-electron chi connectivity index (χ2n) is 4.23. The Balaban J connectivity index is 2.12. The van der Waals surface area contributed by atoms with Crippen molar-refractivity contribution in [2.24, 2.45) is 13.0 Å². The molecule has 1 aliphatic rings. The molecule has 0 amide bonds. The number of rotatable bonds is 2. The van der Waals surface area contributed by atoms with Crippen LogP contribution < -0.4 is 0 Å². The Hall–Kier alpha value is -0.870. The number of hydrogen-bond donors (Lipinski definition) is 1. The molecule has 15 heavy (non-hydrogen) atoms. The largest absolute Gasteiger partial charge is 0.388 e. The summed E-state index contributed by atoms with van der Waals surface area (Å²) in [6, 6.07) is 0. The molecule has 1 aliphatic heterocycles. The Bertz CT molecular complexity index is 329. The van der Waals surface area contributed by atoms with E-state index in [-0.39, 0.29) is 5.92 Å². The molecule has 0 spiro atoms. The van der Waals surface area contributed by atoms with Crippen LogP contribution in [0.4, 0.5) is 0 Å². The van der Waals surface area contributed by atoms with Gasteiger partial charge in [-0.15, -0.1) is 0 Å². The van der Waals surface area contributed by atoms with E-state index in [1.165, 1.54) is 0 Å². The predicted molar refractivity (Wildman–Crippen MR) is 56.4 cm³/mol. The second kappa shape index (κ2) is 4.33. The third kappa shape index (κ3) is 2.06. The number of nitrogens with zero attached hydrogens (tertiary/aromatic N) is 2. The van der Waals surface area contributed by atoms with Gasteiger partial charge >= 0.3 is 0 Å². The van der Waals surface area contributed by atoms with Crippen LogP contribution in [0.25, 0.3) is 0 Å². The molecule has 0 radical (unpaired) electrons. The number of ether oxygens (including phenoxy) is 1. The van der Waals surface area contributed by atoms with Gasteiger partial charge in [0, 0.05) is 30.8 Å². The number of aromatic nitrogens is 2. The van der Waals surface area contributed by atoms with E-state index in [0.717, 1.165) is 30.7 Å². The quantitative estimate of drug-likeness (QED) is 0.797. The first-order valence-corrected chi connectivity index (χ1v) is 5.44. The van der Waals surface area contributed by atoms with E-state index in [1.54, 1.807) is 10.9 Å². The van der Waals surface area contributed by atoms with Gasteiger partial charge in [-0.3, -0.25) is 4.68 Å². The maximum Gasteiger partial charge on any atom is 0.0873 e. The highest BCUT2D eigenvalue weighted by Gasteiger charge is 2.26. The van der Waals surface area contributed by atoms with Gasteiger partial charge in [0.2, 0.25) is 0 Å². The third-order valence-corrected chi connectivity index (χ3v) is 3.23. The van der Waals surface area contributed by atoms with Crippen molar-refractivity contribution in [1.82, 2.24) is 9.78 Å². The van der Waals surface area contributed by atoms with E-state index in [9.17, 15) is 5.11 Å². The fourth-order valence-corrected chi connectivity index (χ4v) is 2.07. The van der Waals surface area contributed by atoms with Crippen molar-refractivity contribution in [1.29, 1.82) is 0 Å². The van der Waals surface area contributed by atoms with Gasteiger partial charge in [-0.25, -0.2) is 0 Å². The summed E-state index contributed by atoms with van der Waals surface area (Å²) in [6.45, 7) is 3.47. The summed E-state index contributed by atoms with van der Waals surface area (Å²) in [7, 11) is 1.89. The lowest BCUT2D eigenvalue weighted by atomic mass is 9.91. The molecule has 0 aliphatic carbocycles. The summed E-state index contributed by atoms with van der Waals surface area (Å²) < 4.78 is 7.18. The van der Waals surface area contributed by atoms with E-state index in [2.05, 4.69) is 5.10 Å². The Labute approximate surface area is 89.9 Å². The molecule has 84 valence electrons. The fraction of sp³-hybridized carbons (Fsp3) is 0.727. The lowest BCUT2D eigenvalue weighted by Gasteiger charge is -2.26. The monoisotopic (exact) mass is 210 g/mol. The van der Waals surface area contributed by atoms with Crippen molar-refractivity contribution < 1.29 is 9.84 Å². The average Bonchev–Trinajstić information content (AvgIpc) is 2.60. The maximum atomic E-state index is 10.2. The van der Waals surface area contributed by atoms with Crippen LogP contribution in [0.1, 0.15) is 30.2 Å². The van der Waals surface area contributed by atoms with Crippen LogP contribution in [0.2, 0.25) is 0 Å². The molecule has 1 aromatic heterocycles. The molecule has 0 saturated carbocycles. The van der Waals surface area contributed by atoms with Crippen LogP contribution in [0.15, 0.2) is 6.20 Å².